The highest BCUT2D eigenvalue weighted by atomic mass is 16.6. The topological polar surface area (TPSA) is 46.6 Å². The average Bonchev–Trinajstić information content (AvgIpc) is 2.37. The van der Waals surface area contributed by atoms with Gasteiger partial charge in [0.1, 0.15) is 5.60 Å². The second-order valence-electron chi connectivity index (χ2n) is 6.24. The van der Waals surface area contributed by atoms with E-state index in [-0.39, 0.29) is 17.9 Å². The van der Waals surface area contributed by atoms with Gasteiger partial charge in [0.25, 0.3) is 5.91 Å². The van der Waals surface area contributed by atoms with E-state index in [2.05, 4.69) is 6.58 Å². The highest BCUT2D eigenvalue weighted by molar-refractivity contribution is 6.05. The number of carbonyl (C=O) groups is 2. The van der Waals surface area contributed by atoms with Crippen molar-refractivity contribution in [3.63, 3.8) is 0 Å². The van der Waals surface area contributed by atoms with Crippen LogP contribution in [0.15, 0.2) is 36.9 Å². The molecular weight excluding hydrogens is 266 g/mol. The molecule has 0 N–H and O–H groups in total. The largest absolute Gasteiger partial charge is 0.443 e. The zero-order chi connectivity index (χ0) is 15.8. The van der Waals surface area contributed by atoms with Crippen LogP contribution in [-0.2, 0) is 4.74 Å². The molecule has 4 heteroatoms. The van der Waals surface area contributed by atoms with E-state index in [1.54, 1.807) is 39.0 Å². The Morgan fingerprint density at radius 3 is 2.52 bits per heavy atom. The molecule has 1 heterocycles. The molecule has 0 saturated heterocycles. The molecule has 4 nitrogen and oxygen atoms in total. The molecule has 21 heavy (non-hydrogen) atoms. The van der Waals surface area contributed by atoms with Crippen LogP contribution in [0.1, 0.15) is 49.5 Å². The van der Waals surface area contributed by atoms with Crippen LogP contribution in [0.25, 0.3) is 0 Å². The van der Waals surface area contributed by atoms with Gasteiger partial charge in [0.2, 0.25) is 0 Å². The van der Waals surface area contributed by atoms with Gasteiger partial charge in [-0.2, -0.15) is 0 Å². The normalized spacial score (nSPS) is 21.7. The number of hydrogen-bond donors (Lipinski definition) is 0. The fourth-order valence-electron chi connectivity index (χ4n) is 2.60. The summed E-state index contributed by atoms with van der Waals surface area (Å²) >= 11 is 0. The quantitative estimate of drug-likeness (QED) is 0.739. The smallest absolute Gasteiger partial charge is 0.417 e. The van der Waals surface area contributed by atoms with Crippen molar-refractivity contribution in [1.29, 1.82) is 0 Å². The van der Waals surface area contributed by atoms with E-state index in [1.165, 1.54) is 4.90 Å². The fourth-order valence-corrected chi connectivity index (χ4v) is 2.60. The molecule has 1 aromatic carbocycles. The van der Waals surface area contributed by atoms with Crippen LogP contribution in [0, 0.1) is 0 Å². The first-order chi connectivity index (χ1) is 9.76. The van der Waals surface area contributed by atoms with Crippen LogP contribution in [0.2, 0.25) is 0 Å². The first kappa shape index (κ1) is 15.3. The Balaban J connectivity index is 2.43. The number of ether oxygens (including phenoxy) is 1. The maximum atomic E-state index is 12.6. The Morgan fingerprint density at radius 2 is 1.95 bits per heavy atom. The average molecular weight is 287 g/mol. The maximum Gasteiger partial charge on any atom is 0.417 e. The molecule has 2 rings (SSSR count). The van der Waals surface area contributed by atoms with Gasteiger partial charge in [-0.3, -0.25) is 4.79 Å². The number of imide groups is 1. The van der Waals surface area contributed by atoms with Crippen molar-refractivity contribution in [2.24, 2.45) is 0 Å². The first-order valence-electron chi connectivity index (χ1n) is 7.04. The molecule has 0 saturated carbocycles. The molecule has 1 aromatic rings. The van der Waals surface area contributed by atoms with Gasteiger partial charge in [0.15, 0.2) is 0 Å². The zero-order valence-corrected chi connectivity index (χ0v) is 12.9. The van der Waals surface area contributed by atoms with Crippen LogP contribution < -0.4 is 0 Å². The Morgan fingerprint density at radius 1 is 1.33 bits per heavy atom. The van der Waals surface area contributed by atoms with Crippen molar-refractivity contribution in [2.75, 3.05) is 0 Å². The van der Waals surface area contributed by atoms with Crippen molar-refractivity contribution in [3.05, 3.63) is 48.0 Å². The third-order valence-electron chi connectivity index (χ3n) is 3.54. The van der Waals surface area contributed by atoms with Crippen LogP contribution in [0.3, 0.4) is 0 Å². The Labute approximate surface area is 125 Å². The lowest BCUT2D eigenvalue weighted by atomic mass is 9.84. The Hall–Kier alpha value is -2.10. The highest BCUT2D eigenvalue weighted by Gasteiger charge is 2.41. The number of fused-ring (bicyclic) bond motifs is 1. The molecule has 112 valence electrons. The molecule has 0 radical (unpaired) electrons. The third kappa shape index (κ3) is 2.84. The minimum absolute atomic E-state index is 0.0913. The summed E-state index contributed by atoms with van der Waals surface area (Å²) in [7, 11) is 0. The van der Waals surface area contributed by atoms with Gasteiger partial charge in [0, 0.05) is 11.5 Å². The van der Waals surface area contributed by atoms with Crippen LogP contribution in [0.5, 0.6) is 0 Å². The van der Waals surface area contributed by atoms with Gasteiger partial charge in [-0.05, 0) is 39.3 Å². The van der Waals surface area contributed by atoms with E-state index in [4.69, 9.17) is 4.74 Å². The molecule has 0 fully saturated rings. The summed E-state index contributed by atoms with van der Waals surface area (Å²) < 4.78 is 5.36. The van der Waals surface area contributed by atoms with E-state index >= 15 is 0 Å². The summed E-state index contributed by atoms with van der Waals surface area (Å²) in [6.45, 7) is 11.0. The predicted octanol–water partition coefficient (Wildman–Crippen LogP) is 3.74. The van der Waals surface area contributed by atoms with E-state index in [1.807, 2.05) is 19.1 Å². The number of rotatable bonds is 1. The predicted molar refractivity (Wildman–Crippen MR) is 81.2 cm³/mol. The molecule has 0 aromatic heterocycles. The molecule has 0 spiro atoms. The zero-order valence-electron chi connectivity index (χ0n) is 12.9. The minimum Gasteiger partial charge on any atom is -0.443 e. The van der Waals surface area contributed by atoms with E-state index in [0.717, 1.165) is 5.56 Å². The Kier molecular flexibility index (Phi) is 3.90. The van der Waals surface area contributed by atoms with Crippen molar-refractivity contribution < 1.29 is 14.3 Å². The van der Waals surface area contributed by atoms with E-state index in [0.29, 0.717) is 5.56 Å². The van der Waals surface area contributed by atoms with E-state index in [9.17, 15) is 9.59 Å². The van der Waals surface area contributed by atoms with Crippen LogP contribution in [0.4, 0.5) is 4.79 Å². The number of carbonyl (C=O) groups excluding carboxylic acids is 2. The second kappa shape index (κ2) is 5.35. The van der Waals surface area contributed by atoms with Crippen molar-refractivity contribution in [2.45, 2.75) is 45.3 Å². The summed E-state index contributed by atoms with van der Waals surface area (Å²) in [5.74, 6) is -0.406. The molecule has 2 amide bonds. The van der Waals surface area contributed by atoms with Crippen molar-refractivity contribution in [1.82, 2.24) is 4.90 Å². The third-order valence-corrected chi connectivity index (χ3v) is 3.54. The summed E-state index contributed by atoms with van der Waals surface area (Å²) in [5, 5.41) is 0. The standard InChI is InChI=1S/C17H21NO3/c1-6-12-11(2)18(16(20)21-17(3,4)5)15(19)14-10-8-7-9-13(12)14/h6-12H,1H2,2-5H3/t11-,12+/m0/s1. The lowest BCUT2D eigenvalue weighted by Gasteiger charge is -2.38. The highest BCUT2D eigenvalue weighted by Crippen LogP contribution is 2.34. The van der Waals surface area contributed by atoms with Crippen molar-refractivity contribution in [3.8, 4) is 0 Å². The maximum absolute atomic E-state index is 12.6. The summed E-state index contributed by atoms with van der Waals surface area (Å²) in [6, 6.07) is 7.00. The van der Waals surface area contributed by atoms with Gasteiger partial charge >= 0.3 is 6.09 Å². The SMILES string of the molecule is C=C[C@H]1c2ccccc2C(=O)N(C(=O)OC(C)(C)C)[C@H]1C. The number of hydrogen-bond acceptors (Lipinski definition) is 3. The summed E-state index contributed by atoms with van der Waals surface area (Å²) in [4.78, 5) is 26.2. The van der Waals surface area contributed by atoms with Gasteiger partial charge in [-0.25, -0.2) is 9.69 Å². The fraction of sp³-hybridized carbons (Fsp3) is 0.412. The number of nitrogens with zero attached hydrogens (tertiary/aromatic N) is 1. The van der Waals surface area contributed by atoms with Gasteiger partial charge < -0.3 is 4.74 Å². The lowest BCUT2D eigenvalue weighted by molar-refractivity contribution is 0.0152. The summed E-state index contributed by atoms with van der Waals surface area (Å²) in [6.07, 6.45) is 1.16. The van der Waals surface area contributed by atoms with E-state index < -0.39 is 11.7 Å². The molecule has 1 aliphatic heterocycles. The Bertz CT molecular complexity index is 586. The van der Waals surface area contributed by atoms with Crippen molar-refractivity contribution >= 4 is 12.0 Å². The molecular formula is C17H21NO3. The first-order valence-corrected chi connectivity index (χ1v) is 7.04. The lowest BCUT2D eigenvalue weighted by Crippen LogP contribution is -2.51. The van der Waals surface area contributed by atoms with Gasteiger partial charge in [-0.1, -0.05) is 24.3 Å². The monoisotopic (exact) mass is 287 g/mol. The molecule has 0 bridgehead atoms. The molecule has 0 aliphatic carbocycles. The second-order valence-corrected chi connectivity index (χ2v) is 6.24. The van der Waals surface area contributed by atoms with Crippen LogP contribution >= 0.6 is 0 Å². The molecule has 0 unspecified atom stereocenters. The van der Waals surface area contributed by atoms with Gasteiger partial charge in [0.05, 0.1) is 6.04 Å². The molecule has 2 atom stereocenters. The van der Waals surface area contributed by atoms with Crippen LogP contribution in [-0.4, -0.2) is 28.5 Å². The number of benzene rings is 1. The number of amides is 2. The summed E-state index contributed by atoms with van der Waals surface area (Å²) in [5.41, 5.74) is 0.800. The molecule has 1 aliphatic rings. The van der Waals surface area contributed by atoms with Gasteiger partial charge in [-0.15, -0.1) is 6.58 Å². The minimum atomic E-state index is -0.641.